The number of benzene rings is 1. The molecule has 116 valence electrons. The van der Waals surface area contributed by atoms with Crippen LogP contribution < -0.4 is 4.90 Å². The van der Waals surface area contributed by atoms with E-state index in [0.717, 1.165) is 42.9 Å². The predicted molar refractivity (Wildman–Crippen MR) is 86.4 cm³/mol. The number of carbonyl (C=O) groups is 1. The Bertz CT molecular complexity index is 661. The molecule has 1 aromatic carbocycles. The lowest BCUT2D eigenvalue weighted by Gasteiger charge is -2.19. The van der Waals surface area contributed by atoms with E-state index in [0.29, 0.717) is 17.3 Å². The second-order valence-electron chi connectivity index (χ2n) is 5.22. The van der Waals surface area contributed by atoms with Crippen LogP contribution in [0.1, 0.15) is 30.3 Å². The highest BCUT2D eigenvalue weighted by Gasteiger charge is 2.27. The van der Waals surface area contributed by atoms with Crippen molar-refractivity contribution in [2.24, 2.45) is 0 Å². The fourth-order valence-electron chi connectivity index (χ4n) is 2.74. The van der Waals surface area contributed by atoms with Crippen LogP contribution in [0.15, 0.2) is 24.3 Å². The predicted octanol–water partition coefficient (Wildman–Crippen LogP) is 3.51. The normalized spacial score (nSPS) is 14.4. The summed E-state index contributed by atoms with van der Waals surface area (Å²) in [7, 11) is 0. The van der Waals surface area contributed by atoms with Gasteiger partial charge in [0.05, 0.1) is 12.3 Å². The first-order valence-corrected chi connectivity index (χ1v) is 7.85. The highest BCUT2D eigenvalue weighted by atomic mass is 35.5. The Morgan fingerprint density at radius 2 is 2.00 bits per heavy atom. The van der Waals surface area contributed by atoms with Crippen molar-refractivity contribution < 1.29 is 9.53 Å². The van der Waals surface area contributed by atoms with Gasteiger partial charge in [-0.15, -0.1) is 0 Å². The molecule has 5 nitrogen and oxygen atoms in total. The summed E-state index contributed by atoms with van der Waals surface area (Å²) in [5, 5.41) is 7.88. The van der Waals surface area contributed by atoms with Gasteiger partial charge in [-0.05, 0) is 31.9 Å². The van der Waals surface area contributed by atoms with Crippen LogP contribution in [0.3, 0.4) is 0 Å². The van der Waals surface area contributed by atoms with Crippen LogP contribution in [0, 0.1) is 0 Å². The molecule has 6 heteroatoms. The van der Waals surface area contributed by atoms with Gasteiger partial charge in [0.2, 0.25) is 0 Å². The molecule has 3 rings (SSSR count). The molecular weight excluding hydrogens is 302 g/mol. The van der Waals surface area contributed by atoms with E-state index in [1.807, 2.05) is 24.3 Å². The van der Waals surface area contributed by atoms with Gasteiger partial charge in [0.1, 0.15) is 5.69 Å². The fourth-order valence-corrected chi connectivity index (χ4v) is 2.87. The molecule has 22 heavy (non-hydrogen) atoms. The first-order chi connectivity index (χ1) is 10.7. The Balaban J connectivity index is 2.05. The molecule has 0 saturated carbocycles. The molecule has 1 aromatic heterocycles. The van der Waals surface area contributed by atoms with Gasteiger partial charge >= 0.3 is 5.97 Å². The summed E-state index contributed by atoms with van der Waals surface area (Å²) < 4.78 is 5.14. The number of halogens is 1. The molecule has 1 aliphatic heterocycles. The number of hydrogen-bond acceptors (Lipinski definition) is 4. The van der Waals surface area contributed by atoms with Crippen molar-refractivity contribution in [1.82, 2.24) is 10.2 Å². The highest BCUT2D eigenvalue weighted by molar-refractivity contribution is 6.30. The van der Waals surface area contributed by atoms with Crippen LogP contribution >= 0.6 is 11.6 Å². The van der Waals surface area contributed by atoms with Crippen LogP contribution in [0.4, 0.5) is 5.69 Å². The molecule has 0 unspecified atom stereocenters. The van der Waals surface area contributed by atoms with Crippen LogP contribution in [0.5, 0.6) is 0 Å². The third-order valence-corrected chi connectivity index (χ3v) is 4.01. The highest BCUT2D eigenvalue weighted by Crippen LogP contribution is 2.35. The average Bonchev–Trinajstić information content (AvgIpc) is 3.17. The number of esters is 1. The molecule has 1 fully saturated rings. The first kappa shape index (κ1) is 14.9. The third kappa shape index (κ3) is 2.81. The van der Waals surface area contributed by atoms with Crippen LogP contribution in [0.25, 0.3) is 11.3 Å². The van der Waals surface area contributed by atoms with E-state index in [2.05, 4.69) is 15.1 Å². The van der Waals surface area contributed by atoms with Gasteiger partial charge in [-0.2, -0.15) is 5.10 Å². The maximum absolute atomic E-state index is 12.2. The minimum atomic E-state index is -0.364. The van der Waals surface area contributed by atoms with Crippen molar-refractivity contribution in [2.75, 3.05) is 24.6 Å². The Labute approximate surface area is 134 Å². The monoisotopic (exact) mass is 319 g/mol. The Morgan fingerprint density at radius 1 is 1.32 bits per heavy atom. The van der Waals surface area contributed by atoms with Gasteiger partial charge < -0.3 is 9.64 Å². The summed E-state index contributed by atoms with van der Waals surface area (Å²) in [6.45, 7) is 3.98. The number of aromatic nitrogens is 2. The van der Waals surface area contributed by atoms with E-state index < -0.39 is 0 Å². The lowest BCUT2D eigenvalue weighted by molar-refractivity contribution is 0.0520. The van der Waals surface area contributed by atoms with Crippen molar-refractivity contribution in [2.45, 2.75) is 19.8 Å². The number of H-pyrrole nitrogens is 1. The van der Waals surface area contributed by atoms with Gasteiger partial charge in [-0.1, -0.05) is 23.7 Å². The van der Waals surface area contributed by atoms with Crippen LogP contribution in [-0.2, 0) is 4.74 Å². The van der Waals surface area contributed by atoms with E-state index >= 15 is 0 Å². The fraction of sp³-hybridized carbons (Fsp3) is 0.375. The molecule has 1 N–H and O–H groups in total. The molecule has 0 amide bonds. The quantitative estimate of drug-likeness (QED) is 0.876. The van der Waals surface area contributed by atoms with Gasteiger partial charge in [0, 0.05) is 23.7 Å². The molecule has 0 bridgehead atoms. The summed E-state index contributed by atoms with van der Waals surface area (Å²) >= 11 is 5.95. The largest absolute Gasteiger partial charge is 0.461 e. The zero-order chi connectivity index (χ0) is 15.5. The Kier molecular flexibility index (Phi) is 4.34. The second kappa shape index (κ2) is 6.40. The summed E-state index contributed by atoms with van der Waals surface area (Å²) in [4.78, 5) is 14.4. The summed E-state index contributed by atoms with van der Waals surface area (Å²) in [5.41, 5.74) is 2.95. The second-order valence-corrected chi connectivity index (χ2v) is 5.65. The topological polar surface area (TPSA) is 58.2 Å². The summed E-state index contributed by atoms with van der Waals surface area (Å²) in [6, 6.07) is 7.47. The smallest absolute Gasteiger partial charge is 0.358 e. The van der Waals surface area contributed by atoms with Gasteiger partial charge in [0.25, 0.3) is 0 Å². The van der Waals surface area contributed by atoms with E-state index in [9.17, 15) is 4.79 Å². The number of aromatic amines is 1. The maximum atomic E-state index is 12.2. The standard InChI is InChI=1S/C16H18ClN3O2/c1-2-22-16(21)14-15(20-9-3-4-10-20)13(18-19-14)11-5-7-12(17)8-6-11/h5-8H,2-4,9-10H2,1H3,(H,18,19). The van der Waals surface area contributed by atoms with E-state index in [1.165, 1.54) is 0 Å². The SMILES string of the molecule is CCOC(=O)c1[nH]nc(-c2ccc(Cl)cc2)c1N1CCCC1. The summed E-state index contributed by atoms with van der Waals surface area (Å²) in [5.74, 6) is -0.364. The zero-order valence-corrected chi connectivity index (χ0v) is 13.2. The number of nitrogens with zero attached hydrogens (tertiary/aromatic N) is 2. The van der Waals surface area contributed by atoms with Gasteiger partial charge in [-0.3, -0.25) is 5.10 Å². The number of carbonyl (C=O) groups excluding carboxylic acids is 1. The van der Waals surface area contributed by atoms with Crippen LogP contribution in [0.2, 0.25) is 5.02 Å². The molecule has 0 spiro atoms. The van der Waals surface area contributed by atoms with E-state index in [4.69, 9.17) is 16.3 Å². The Morgan fingerprint density at radius 3 is 2.64 bits per heavy atom. The molecule has 0 atom stereocenters. The van der Waals surface area contributed by atoms with Crippen molar-refractivity contribution >= 4 is 23.3 Å². The summed E-state index contributed by atoms with van der Waals surface area (Å²) in [6.07, 6.45) is 2.24. The number of ether oxygens (including phenoxy) is 1. The van der Waals surface area contributed by atoms with E-state index in [1.54, 1.807) is 6.92 Å². The van der Waals surface area contributed by atoms with Crippen molar-refractivity contribution in [1.29, 1.82) is 0 Å². The Hall–Kier alpha value is -2.01. The van der Waals surface area contributed by atoms with Crippen molar-refractivity contribution in [3.05, 3.63) is 35.0 Å². The minimum absolute atomic E-state index is 0.341. The average molecular weight is 320 g/mol. The van der Waals surface area contributed by atoms with Gasteiger partial charge in [0.15, 0.2) is 5.69 Å². The lowest BCUT2D eigenvalue weighted by Crippen LogP contribution is -2.21. The molecule has 2 aromatic rings. The molecular formula is C16H18ClN3O2. The maximum Gasteiger partial charge on any atom is 0.358 e. The van der Waals surface area contributed by atoms with Crippen molar-refractivity contribution in [3.8, 4) is 11.3 Å². The molecule has 1 aliphatic rings. The number of anilines is 1. The molecule has 1 saturated heterocycles. The van der Waals surface area contributed by atoms with Crippen molar-refractivity contribution in [3.63, 3.8) is 0 Å². The van der Waals surface area contributed by atoms with Crippen LogP contribution in [-0.4, -0.2) is 35.9 Å². The number of nitrogens with one attached hydrogen (secondary N) is 1. The molecule has 2 heterocycles. The number of rotatable bonds is 4. The molecule has 0 aliphatic carbocycles. The number of hydrogen-bond donors (Lipinski definition) is 1. The van der Waals surface area contributed by atoms with Gasteiger partial charge in [-0.25, -0.2) is 4.79 Å². The lowest BCUT2D eigenvalue weighted by atomic mass is 10.1. The zero-order valence-electron chi connectivity index (χ0n) is 12.4. The third-order valence-electron chi connectivity index (χ3n) is 3.76. The minimum Gasteiger partial charge on any atom is -0.461 e. The van der Waals surface area contributed by atoms with E-state index in [-0.39, 0.29) is 5.97 Å². The molecule has 0 radical (unpaired) electrons. The first-order valence-electron chi connectivity index (χ1n) is 7.47.